The zero-order chi connectivity index (χ0) is 20.8. The topological polar surface area (TPSA) is 110 Å². The Balaban J connectivity index is 1.99. The van der Waals surface area contributed by atoms with Crippen molar-refractivity contribution in [3.8, 4) is 40.1 Å². The van der Waals surface area contributed by atoms with Gasteiger partial charge in [-0.2, -0.15) is 4.98 Å². The summed E-state index contributed by atoms with van der Waals surface area (Å²) in [5.41, 5.74) is 1.21. The van der Waals surface area contributed by atoms with Crippen molar-refractivity contribution in [1.29, 1.82) is 0 Å². The minimum Gasteiger partial charge on any atom is -0.490 e. The number of rotatable bonds is 9. The molecule has 9 heteroatoms. The number of benzene rings is 2. The minimum atomic E-state index is -0.462. The second-order valence-electron chi connectivity index (χ2n) is 5.83. The first-order valence-electron chi connectivity index (χ1n) is 9.22. The van der Waals surface area contributed by atoms with Crippen LogP contribution in [0.4, 0.5) is 5.69 Å². The third kappa shape index (κ3) is 4.45. The van der Waals surface area contributed by atoms with E-state index in [0.29, 0.717) is 54.0 Å². The largest absolute Gasteiger partial charge is 0.490 e. The molecule has 0 atom stereocenters. The van der Waals surface area contributed by atoms with Crippen LogP contribution in [-0.2, 0) is 0 Å². The first-order valence-corrected chi connectivity index (χ1v) is 9.22. The molecule has 152 valence electrons. The van der Waals surface area contributed by atoms with Gasteiger partial charge in [0.1, 0.15) is 0 Å². The lowest BCUT2D eigenvalue weighted by molar-refractivity contribution is -0.384. The fourth-order valence-electron chi connectivity index (χ4n) is 2.70. The van der Waals surface area contributed by atoms with Crippen molar-refractivity contribution < 1.29 is 23.7 Å². The van der Waals surface area contributed by atoms with Crippen LogP contribution in [0.1, 0.15) is 20.8 Å². The standard InChI is InChI=1S/C20H21N3O6/c1-4-26-16-11-14(12-17(27-5-2)18(16)28-6-3)20-21-19(22-29-20)13-7-9-15(10-8-13)23(24)25/h7-12H,4-6H2,1-3H3. The molecule has 1 heterocycles. The van der Waals surface area contributed by atoms with Crippen LogP contribution in [0.5, 0.6) is 17.2 Å². The van der Waals surface area contributed by atoms with E-state index in [1.165, 1.54) is 12.1 Å². The number of nitro benzene ring substituents is 1. The zero-order valence-corrected chi connectivity index (χ0v) is 16.4. The van der Waals surface area contributed by atoms with Crippen LogP contribution in [0.2, 0.25) is 0 Å². The highest BCUT2D eigenvalue weighted by Crippen LogP contribution is 2.41. The average Bonchev–Trinajstić information content (AvgIpc) is 3.21. The monoisotopic (exact) mass is 399 g/mol. The van der Waals surface area contributed by atoms with Gasteiger partial charge in [0.2, 0.25) is 11.6 Å². The zero-order valence-electron chi connectivity index (χ0n) is 16.4. The van der Waals surface area contributed by atoms with Gasteiger partial charge in [-0.1, -0.05) is 5.16 Å². The van der Waals surface area contributed by atoms with Crippen LogP contribution in [-0.4, -0.2) is 34.9 Å². The smallest absolute Gasteiger partial charge is 0.269 e. The van der Waals surface area contributed by atoms with Crippen molar-refractivity contribution >= 4 is 5.69 Å². The van der Waals surface area contributed by atoms with Gasteiger partial charge >= 0.3 is 0 Å². The fourth-order valence-corrected chi connectivity index (χ4v) is 2.70. The Bertz CT molecular complexity index is 957. The second-order valence-corrected chi connectivity index (χ2v) is 5.83. The molecular weight excluding hydrogens is 378 g/mol. The summed E-state index contributed by atoms with van der Waals surface area (Å²) in [6.45, 7) is 7.00. The van der Waals surface area contributed by atoms with Crippen molar-refractivity contribution in [2.75, 3.05) is 19.8 Å². The molecule has 0 saturated carbocycles. The highest BCUT2D eigenvalue weighted by atomic mass is 16.6. The highest BCUT2D eigenvalue weighted by Gasteiger charge is 2.19. The number of ether oxygens (including phenoxy) is 3. The summed E-state index contributed by atoms with van der Waals surface area (Å²) in [5, 5.41) is 14.8. The van der Waals surface area contributed by atoms with E-state index in [2.05, 4.69) is 10.1 Å². The third-order valence-electron chi connectivity index (χ3n) is 3.92. The molecule has 0 aliphatic heterocycles. The Kier molecular flexibility index (Phi) is 6.28. The number of aromatic nitrogens is 2. The molecule has 0 N–H and O–H groups in total. The molecule has 0 spiro atoms. The van der Waals surface area contributed by atoms with Gasteiger partial charge in [-0.25, -0.2) is 0 Å². The molecule has 0 amide bonds. The molecule has 3 rings (SSSR count). The van der Waals surface area contributed by atoms with Gasteiger partial charge < -0.3 is 18.7 Å². The van der Waals surface area contributed by atoms with Crippen LogP contribution in [0, 0.1) is 10.1 Å². The second kappa shape index (κ2) is 9.05. The van der Waals surface area contributed by atoms with Crippen molar-refractivity contribution in [1.82, 2.24) is 10.1 Å². The van der Waals surface area contributed by atoms with Gasteiger partial charge in [-0.15, -0.1) is 0 Å². The molecule has 0 saturated heterocycles. The van der Waals surface area contributed by atoms with E-state index in [4.69, 9.17) is 18.7 Å². The molecular formula is C20H21N3O6. The number of nitro groups is 1. The molecule has 29 heavy (non-hydrogen) atoms. The van der Waals surface area contributed by atoms with Gasteiger partial charge in [0, 0.05) is 23.3 Å². The van der Waals surface area contributed by atoms with Crippen LogP contribution in [0.25, 0.3) is 22.8 Å². The molecule has 0 bridgehead atoms. The van der Waals surface area contributed by atoms with Crippen molar-refractivity contribution in [3.63, 3.8) is 0 Å². The Hall–Kier alpha value is -3.62. The van der Waals surface area contributed by atoms with Crippen LogP contribution in [0.15, 0.2) is 40.9 Å². The average molecular weight is 399 g/mol. The van der Waals surface area contributed by atoms with Gasteiger partial charge in [-0.3, -0.25) is 10.1 Å². The van der Waals surface area contributed by atoms with Crippen molar-refractivity contribution in [3.05, 3.63) is 46.5 Å². The molecule has 0 unspecified atom stereocenters. The van der Waals surface area contributed by atoms with E-state index in [1.807, 2.05) is 20.8 Å². The maximum absolute atomic E-state index is 10.8. The first-order chi connectivity index (χ1) is 14.1. The summed E-state index contributed by atoms with van der Waals surface area (Å²) in [7, 11) is 0. The summed E-state index contributed by atoms with van der Waals surface area (Å²) < 4.78 is 22.5. The molecule has 9 nitrogen and oxygen atoms in total. The summed E-state index contributed by atoms with van der Waals surface area (Å²) in [4.78, 5) is 14.7. The van der Waals surface area contributed by atoms with Gasteiger partial charge in [-0.05, 0) is 45.0 Å². The van der Waals surface area contributed by atoms with Gasteiger partial charge in [0.05, 0.1) is 24.7 Å². The molecule has 0 radical (unpaired) electrons. The lowest BCUT2D eigenvalue weighted by Gasteiger charge is -2.16. The predicted molar refractivity (Wildman–Crippen MR) is 105 cm³/mol. The van der Waals surface area contributed by atoms with E-state index in [1.54, 1.807) is 24.3 Å². The lowest BCUT2D eigenvalue weighted by Crippen LogP contribution is -2.03. The Labute approximate surface area is 167 Å². The van der Waals surface area contributed by atoms with Crippen LogP contribution >= 0.6 is 0 Å². The maximum atomic E-state index is 10.8. The normalized spacial score (nSPS) is 10.6. The number of non-ortho nitro benzene ring substituents is 1. The SMILES string of the molecule is CCOc1cc(-c2nc(-c3ccc([N+](=O)[O-])cc3)no2)cc(OCC)c1OCC. The lowest BCUT2D eigenvalue weighted by atomic mass is 10.1. The van der Waals surface area contributed by atoms with E-state index in [0.717, 1.165) is 0 Å². The molecule has 3 aromatic rings. The van der Waals surface area contributed by atoms with Crippen LogP contribution < -0.4 is 14.2 Å². The summed E-state index contributed by atoms with van der Waals surface area (Å²) >= 11 is 0. The Morgan fingerprint density at radius 2 is 1.52 bits per heavy atom. The van der Waals surface area contributed by atoms with Gasteiger partial charge in [0.25, 0.3) is 11.6 Å². The fraction of sp³-hybridized carbons (Fsp3) is 0.300. The quantitative estimate of drug-likeness (QED) is 0.382. The van der Waals surface area contributed by atoms with Crippen LogP contribution in [0.3, 0.4) is 0 Å². The number of nitrogens with zero attached hydrogens (tertiary/aromatic N) is 3. The van der Waals surface area contributed by atoms with Crippen molar-refractivity contribution in [2.24, 2.45) is 0 Å². The number of hydrogen-bond acceptors (Lipinski definition) is 8. The summed E-state index contributed by atoms with van der Waals surface area (Å²) in [6.07, 6.45) is 0. The van der Waals surface area contributed by atoms with E-state index in [9.17, 15) is 10.1 Å². The molecule has 0 fully saturated rings. The van der Waals surface area contributed by atoms with E-state index < -0.39 is 4.92 Å². The molecule has 0 aliphatic carbocycles. The minimum absolute atomic E-state index is 0.00769. The Morgan fingerprint density at radius 3 is 2.03 bits per heavy atom. The molecule has 2 aromatic carbocycles. The third-order valence-corrected chi connectivity index (χ3v) is 3.92. The van der Waals surface area contributed by atoms with E-state index >= 15 is 0 Å². The molecule has 1 aromatic heterocycles. The van der Waals surface area contributed by atoms with Crippen molar-refractivity contribution in [2.45, 2.75) is 20.8 Å². The maximum Gasteiger partial charge on any atom is 0.269 e. The first kappa shape index (κ1) is 20.1. The summed E-state index contributed by atoms with van der Waals surface area (Å²) in [6, 6.07) is 9.43. The highest BCUT2D eigenvalue weighted by molar-refractivity contribution is 5.67. The molecule has 0 aliphatic rings. The summed E-state index contributed by atoms with van der Waals surface area (Å²) in [5.74, 6) is 2.15. The van der Waals surface area contributed by atoms with E-state index in [-0.39, 0.29) is 11.6 Å². The van der Waals surface area contributed by atoms with Gasteiger partial charge in [0.15, 0.2) is 11.5 Å². The number of hydrogen-bond donors (Lipinski definition) is 0. The Morgan fingerprint density at radius 1 is 0.931 bits per heavy atom. The predicted octanol–water partition coefficient (Wildman–Crippen LogP) is 4.51.